The van der Waals surface area contributed by atoms with Crippen molar-refractivity contribution in [1.82, 2.24) is 4.98 Å². The van der Waals surface area contributed by atoms with Crippen molar-refractivity contribution in [1.29, 1.82) is 0 Å². The monoisotopic (exact) mass is 425 g/mol. The molecule has 0 aliphatic rings. The number of para-hydroxylation sites is 1. The van der Waals surface area contributed by atoms with Crippen LogP contribution in [0.25, 0.3) is 22.0 Å². The molecule has 7 heteroatoms. The van der Waals surface area contributed by atoms with Crippen molar-refractivity contribution >= 4 is 20.7 Å². The van der Waals surface area contributed by atoms with E-state index >= 15 is 0 Å². The summed E-state index contributed by atoms with van der Waals surface area (Å²) in [5.41, 5.74) is 1.17. The normalized spacial score (nSPS) is 11.6. The fourth-order valence-corrected chi connectivity index (χ4v) is 4.76. The second kappa shape index (κ2) is 7.50. The van der Waals surface area contributed by atoms with Gasteiger partial charge in [0.25, 0.3) is 0 Å². The Labute approximate surface area is 172 Å². The minimum Gasteiger partial charge on any atom is -0.497 e. The summed E-state index contributed by atoms with van der Waals surface area (Å²) in [4.78, 5) is 3.72. The van der Waals surface area contributed by atoms with Crippen molar-refractivity contribution < 1.29 is 21.9 Å². The van der Waals surface area contributed by atoms with Crippen molar-refractivity contribution in [2.24, 2.45) is 0 Å². The number of ether oxygens (including phenoxy) is 1. The summed E-state index contributed by atoms with van der Waals surface area (Å²) >= 11 is 0. The van der Waals surface area contributed by atoms with Gasteiger partial charge in [-0.05, 0) is 48.4 Å². The molecule has 0 saturated carbocycles. The van der Waals surface area contributed by atoms with E-state index in [2.05, 4.69) is 4.98 Å². The highest BCUT2D eigenvalue weighted by atomic mass is 32.2. The summed E-state index contributed by atoms with van der Waals surface area (Å²) in [6.07, 6.45) is 1.12. The van der Waals surface area contributed by atoms with Gasteiger partial charge in [-0.15, -0.1) is 0 Å². The molecule has 4 aromatic rings. The SMILES string of the molecule is COc1cccc(-c2c(S(=O)(=O)c3ccc(C)c(F)c3)cnc3c(F)cccc23)c1. The molecule has 0 spiro atoms. The number of sulfone groups is 1. The minimum absolute atomic E-state index is 0.0457. The molecule has 152 valence electrons. The first-order valence-corrected chi connectivity index (χ1v) is 10.5. The molecule has 1 heterocycles. The lowest BCUT2D eigenvalue weighted by Crippen LogP contribution is -2.07. The van der Waals surface area contributed by atoms with Crippen LogP contribution >= 0.6 is 0 Å². The summed E-state index contributed by atoms with van der Waals surface area (Å²) in [5, 5.41) is 0.330. The largest absolute Gasteiger partial charge is 0.497 e. The maximum atomic E-state index is 14.4. The van der Waals surface area contributed by atoms with Crippen LogP contribution in [-0.4, -0.2) is 20.5 Å². The summed E-state index contributed by atoms with van der Waals surface area (Å²) < 4.78 is 60.6. The maximum Gasteiger partial charge on any atom is 0.208 e. The van der Waals surface area contributed by atoms with Crippen LogP contribution in [0.5, 0.6) is 5.75 Å². The number of hydrogen-bond acceptors (Lipinski definition) is 4. The molecular formula is C23H17F2NO3S. The van der Waals surface area contributed by atoms with Gasteiger partial charge in [-0.2, -0.15) is 0 Å². The first-order chi connectivity index (χ1) is 14.3. The Bertz CT molecular complexity index is 1380. The van der Waals surface area contributed by atoms with Crippen molar-refractivity contribution in [3.05, 3.63) is 84.1 Å². The number of nitrogens with zero attached hydrogens (tertiary/aromatic N) is 1. The van der Waals surface area contributed by atoms with E-state index in [4.69, 9.17) is 4.74 Å². The molecule has 0 N–H and O–H groups in total. The molecule has 4 nitrogen and oxygen atoms in total. The smallest absolute Gasteiger partial charge is 0.208 e. The average Bonchev–Trinajstić information content (AvgIpc) is 2.75. The molecule has 1 aromatic heterocycles. The number of aromatic nitrogens is 1. The Morgan fingerprint density at radius 1 is 0.933 bits per heavy atom. The molecule has 0 unspecified atom stereocenters. The molecule has 0 atom stereocenters. The van der Waals surface area contributed by atoms with E-state index in [9.17, 15) is 17.2 Å². The van der Waals surface area contributed by atoms with E-state index in [1.54, 1.807) is 37.3 Å². The fraction of sp³-hybridized carbons (Fsp3) is 0.0870. The molecule has 30 heavy (non-hydrogen) atoms. The predicted octanol–water partition coefficient (Wildman–Crippen LogP) is 5.33. The summed E-state index contributed by atoms with van der Waals surface area (Å²) in [6.45, 7) is 1.55. The van der Waals surface area contributed by atoms with Crippen molar-refractivity contribution in [2.45, 2.75) is 16.7 Å². The number of halogens is 2. The van der Waals surface area contributed by atoms with Crippen molar-refractivity contribution in [2.75, 3.05) is 7.11 Å². The molecular weight excluding hydrogens is 408 g/mol. The fourth-order valence-electron chi connectivity index (χ4n) is 3.32. The number of hydrogen-bond donors (Lipinski definition) is 0. The van der Waals surface area contributed by atoms with Crippen LogP contribution in [0.2, 0.25) is 0 Å². The summed E-state index contributed by atoms with van der Waals surface area (Å²) in [7, 11) is -2.65. The number of aryl methyl sites for hydroxylation is 1. The topological polar surface area (TPSA) is 56.3 Å². The zero-order valence-corrected chi connectivity index (χ0v) is 17.0. The third-order valence-electron chi connectivity index (χ3n) is 4.91. The quantitative estimate of drug-likeness (QED) is 0.444. The summed E-state index contributed by atoms with van der Waals surface area (Å²) in [6, 6.07) is 14.9. The van der Waals surface area contributed by atoms with E-state index in [1.165, 1.54) is 31.4 Å². The van der Waals surface area contributed by atoms with Crippen molar-refractivity contribution in [3.8, 4) is 16.9 Å². The number of pyridine rings is 1. The van der Waals surface area contributed by atoms with Gasteiger partial charge in [0.2, 0.25) is 9.84 Å². The minimum atomic E-state index is -4.15. The number of fused-ring (bicyclic) bond motifs is 1. The maximum absolute atomic E-state index is 14.4. The van der Waals surface area contributed by atoms with Gasteiger partial charge in [-0.3, -0.25) is 4.98 Å². The molecule has 0 amide bonds. The van der Waals surface area contributed by atoms with E-state index in [0.29, 0.717) is 22.3 Å². The first-order valence-electron chi connectivity index (χ1n) is 9.06. The Balaban J connectivity index is 2.08. The molecule has 0 saturated heterocycles. The molecule has 0 aliphatic heterocycles. The highest BCUT2D eigenvalue weighted by Gasteiger charge is 2.26. The third-order valence-corrected chi connectivity index (χ3v) is 6.68. The second-order valence-corrected chi connectivity index (χ2v) is 8.70. The van der Waals surface area contributed by atoms with Crippen LogP contribution in [0.1, 0.15) is 5.56 Å². The first kappa shape index (κ1) is 20.0. The Kier molecular flexibility index (Phi) is 4.99. The molecule has 0 bridgehead atoms. The number of methoxy groups -OCH3 is 1. The Hall–Kier alpha value is -3.32. The van der Waals surface area contributed by atoms with Gasteiger partial charge in [0.1, 0.15) is 22.9 Å². The average molecular weight is 425 g/mol. The summed E-state index contributed by atoms with van der Waals surface area (Å²) in [5.74, 6) is -0.681. The van der Waals surface area contributed by atoms with Crippen LogP contribution in [0.4, 0.5) is 8.78 Å². The van der Waals surface area contributed by atoms with Gasteiger partial charge in [0.05, 0.1) is 16.9 Å². The highest BCUT2D eigenvalue weighted by molar-refractivity contribution is 7.91. The molecule has 0 radical (unpaired) electrons. The lowest BCUT2D eigenvalue weighted by atomic mass is 10.0. The van der Waals surface area contributed by atoms with Gasteiger partial charge in [-0.1, -0.05) is 30.3 Å². The predicted molar refractivity (Wildman–Crippen MR) is 110 cm³/mol. The lowest BCUT2D eigenvalue weighted by molar-refractivity contribution is 0.415. The lowest BCUT2D eigenvalue weighted by Gasteiger charge is -2.15. The standard InChI is InChI=1S/C23H17F2NO3S/c1-14-9-10-17(12-20(14)25)30(27,28)21-13-26-23-18(7-4-8-19(23)24)22(21)15-5-3-6-16(11-15)29-2/h3-13H,1-2H3. The van der Waals surface area contributed by atoms with Gasteiger partial charge in [-0.25, -0.2) is 17.2 Å². The molecule has 0 fully saturated rings. The Morgan fingerprint density at radius 3 is 2.43 bits per heavy atom. The zero-order chi connectivity index (χ0) is 21.5. The van der Waals surface area contributed by atoms with Crippen LogP contribution in [-0.2, 0) is 9.84 Å². The van der Waals surface area contributed by atoms with E-state index in [1.807, 2.05) is 0 Å². The number of benzene rings is 3. The molecule has 4 rings (SSSR count). The van der Waals surface area contributed by atoms with Crippen LogP contribution < -0.4 is 4.74 Å². The van der Waals surface area contributed by atoms with Gasteiger partial charge >= 0.3 is 0 Å². The van der Waals surface area contributed by atoms with Crippen LogP contribution in [0, 0.1) is 18.6 Å². The Morgan fingerprint density at radius 2 is 1.70 bits per heavy atom. The molecule has 3 aromatic carbocycles. The van der Waals surface area contributed by atoms with Gasteiger partial charge in [0, 0.05) is 17.1 Å². The van der Waals surface area contributed by atoms with Gasteiger partial charge < -0.3 is 4.74 Å². The van der Waals surface area contributed by atoms with Crippen LogP contribution in [0.15, 0.2) is 76.7 Å². The highest BCUT2D eigenvalue weighted by Crippen LogP contribution is 2.38. The van der Waals surface area contributed by atoms with E-state index < -0.39 is 21.5 Å². The van der Waals surface area contributed by atoms with E-state index in [-0.39, 0.29) is 20.9 Å². The molecule has 0 aliphatic carbocycles. The van der Waals surface area contributed by atoms with Gasteiger partial charge in [0.15, 0.2) is 0 Å². The zero-order valence-electron chi connectivity index (χ0n) is 16.2. The van der Waals surface area contributed by atoms with Crippen molar-refractivity contribution in [3.63, 3.8) is 0 Å². The third kappa shape index (κ3) is 3.31. The van der Waals surface area contributed by atoms with Crippen LogP contribution in [0.3, 0.4) is 0 Å². The number of rotatable bonds is 4. The second-order valence-electron chi connectivity index (χ2n) is 6.78. The van der Waals surface area contributed by atoms with E-state index in [0.717, 1.165) is 12.3 Å².